The second-order valence-electron chi connectivity index (χ2n) is 14.7. The van der Waals surface area contributed by atoms with Crippen LogP contribution >= 0.6 is 0 Å². The summed E-state index contributed by atoms with van der Waals surface area (Å²) in [5.74, 6) is 1.90. The van der Waals surface area contributed by atoms with Crippen molar-refractivity contribution in [1.82, 2.24) is 0 Å². The van der Waals surface area contributed by atoms with E-state index in [2.05, 4.69) is 16.9 Å². The van der Waals surface area contributed by atoms with E-state index in [1.807, 2.05) is 13.8 Å². The third-order valence-electron chi connectivity index (χ3n) is 10.5. The molecule has 3 aliphatic rings. The highest BCUT2D eigenvalue weighted by Crippen LogP contribution is 2.56. The van der Waals surface area contributed by atoms with Crippen LogP contribution in [0.3, 0.4) is 0 Å². The highest BCUT2D eigenvalue weighted by molar-refractivity contribution is 5.79. The lowest BCUT2D eigenvalue weighted by atomic mass is 9.87. The van der Waals surface area contributed by atoms with Crippen molar-refractivity contribution >= 4 is 5.97 Å². The SMILES string of the molecule is Cc1cc(C2CC2C(OCCC2CCCCC2)c2ccc(OC(F)(F)F)cc2)cc(C)c1OC(C)(C)C(=O)OCCC1CCCCC1. The molecule has 3 atom stereocenters. The molecule has 3 aliphatic carbocycles. The van der Waals surface area contributed by atoms with Crippen LogP contribution in [0.4, 0.5) is 13.2 Å². The Morgan fingerprint density at radius 3 is 1.91 bits per heavy atom. The molecule has 47 heavy (non-hydrogen) atoms. The summed E-state index contributed by atoms with van der Waals surface area (Å²) in [6, 6.07) is 10.4. The lowest BCUT2D eigenvalue weighted by molar-refractivity contribution is -0.274. The summed E-state index contributed by atoms with van der Waals surface area (Å²) in [5.41, 5.74) is 2.84. The lowest BCUT2D eigenvalue weighted by Gasteiger charge is -2.27. The Kier molecular flexibility index (Phi) is 11.8. The van der Waals surface area contributed by atoms with Gasteiger partial charge in [-0.05, 0) is 105 Å². The molecule has 8 heteroatoms. The second kappa shape index (κ2) is 15.7. The number of carbonyl (C=O) groups is 1. The topological polar surface area (TPSA) is 54.0 Å². The molecule has 260 valence electrons. The Hall–Kier alpha value is -2.74. The molecule has 0 bridgehead atoms. The second-order valence-corrected chi connectivity index (χ2v) is 14.7. The molecule has 3 fully saturated rings. The standard InChI is InChI=1S/C39H53F3O5/c1-26-23-31(24-27(2)35(26)47-38(3,4)37(43)45-22-20-29-13-9-6-10-14-29)33-25-34(33)36(44-21-19-28-11-7-5-8-12-28)30-15-17-32(18-16-30)46-39(40,41)42/h15-18,23-24,28-29,33-34,36H,5-14,19-22,25H2,1-4H3. The van der Waals surface area contributed by atoms with Crippen LogP contribution in [0.5, 0.6) is 11.5 Å². The molecule has 2 aromatic rings. The average Bonchev–Trinajstić information content (AvgIpc) is 3.83. The van der Waals surface area contributed by atoms with Gasteiger partial charge < -0.3 is 18.9 Å². The maximum atomic E-state index is 13.0. The van der Waals surface area contributed by atoms with E-state index in [9.17, 15) is 18.0 Å². The molecule has 3 saturated carbocycles. The number of benzene rings is 2. The van der Waals surface area contributed by atoms with E-state index in [4.69, 9.17) is 14.2 Å². The zero-order valence-electron chi connectivity index (χ0n) is 28.6. The maximum Gasteiger partial charge on any atom is 0.573 e. The number of halogens is 3. The lowest BCUT2D eigenvalue weighted by Crippen LogP contribution is -2.40. The van der Waals surface area contributed by atoms with Crippen LogP contribution in [0.15, 0.2) is 36.4 Å². The van der Waals surface area contributed by atoms with Crippen LogP contribution in [-0.4, -0.2) is 31.1 Å². The largest absolute Gasteiger partial charge is 0.573 e. The van der Waals surface area contributed by atoms with Crippen molar-refractivity contribution < 1.29 is 36.9 Å². The first-order chi connectivity index (χ1) is 22.4. The maximum absolute atomic E-state index is 13.0. The number of rotatable bonds is 14. The van der Waals surface area contributed by atoms with E-state index in [1.54, 1.807) is 26.0 Å². The van der Waals surface area contributed by atoms with E-state index in [-0.39, 0.29) is 29.7 Å². The minimum atomic E-state index is -4.73. The third kappa shape index (κ3) is 10.1. The summed E-state index contributed by atoms with van der Waals surface area (Å²) in [6.45, 7) is 8.60. The summed E-state index contributed by atoms with van der Waals surface area (Å²) in [4.78, 5) is 13.0. The van der Waals surface area contributed by atoms with Crippen molar-refractivity contribution in [2.75, 3.05) is 13.2 Å². The number of aryl methyl sites for hydroxylation is 2. The number of carbonyl (C=O) groups excluding carboxylic acids is 1. The average molecular weight is 659 g/mol. The zero-order valence-corrected chi connectivity index (χ0v) is 28.6. The van der Waals surface area contributed by atoms with Crippen LogP contribution in [0.2, 0.25) is 0 Å². The number of hydrogen-bond acceptors (Lipinski definition) is 5. The van der Waals surface area contributed by atoms with Crippen molar-refractivity contribution in [2.45, 2.75) is 135 Å². The highest BCUT2D eigenvalue weighted by atomic mass is 19.4. The number of ether oxygens (including phenoxy) is 4. The molecular weight excluding hydrogens is 605 g/mol. The van der Waals surface area contributed by atoms with Crippen LogP contribution < -0.4 is 9.47 Å². The van der Waals surface area contributed by atoms with Crippen molar-refractivity contribution in [2.24, 2.45) is 17.8 Å². The zero-order chi connectivity index (χ0) is 33.6. The van der Waals surface area contributed by atoms with Gasteiger partial charge in [-0.1, -0.05) is 88.5 Å². The van der Waals surface area contributed by atoms with Crippen molar-refractivity contribution in [3.63, 3.8) is 0 Å². The van der Waals surface area contributed by atoms with Gasteiger partial charge in [-0.2, -0.15) is 0 Å². The van der Waals surface area contributed by atoms with E-state index >= 15 is 0 Å². The molecule has 5 rings (SSSR count). The molecule has 0 aliphatic heterocycles. The molecule has 5 nitrogen and oxygen atoms in total. The normalized spacial score (nSPS) is 21.7. The van der Waals surface area contributed by atoms with Gasteiger partial charge >= 0.3 is 12.3 Å². The Labute approximate surface area is 278 Å². The van der Waals surface area contributed by atoms with Gasteiger partial charge in [0.05, 0.1) is 12.7 Å². The van der Waals surface area contributed by atoms with Gasteiger partial charge in [0.25, 0.3) is 0 Å². The monoisotopic (exact) mass is 658 g/mol. The Morgan fingerprint density at radius 1 is 0.809 bits per heavy atom. The molecule has 3 unspecified atom stereocenters. The summed E-state index contributed by atoms with van der Waals surface area (Å²) in [6.07, 6.45) is 10.5. The van der Waals surface area contributed by atoms with Gasteiger partial charge in [-0.15, -0.1) is 13.2 Å². The van der Waals surface area contributed by atoms with Gasteiger partial charge in [0.2, 0.25) is 0 Å². The van der Waals surface area contributed by atoms with Gasteiger partial charge in [0.15, 0.2) is 5.60 Å². The molecular formula is C39H53F3O5. The van der Waals surface area contributed by atoms with Gasteiger partial charge in [-0.25, -0.2) is 4.79 Å². The van der Waals surface area contributed by atoms with Crippen LogP contribution in [0.1, 0.15) is 132 Å². The molecule has 0 radical (unpaired) electrons. The van der Waals surface area contributed by atoms with E-state index in [0.29, 0.717) is 30.8 Å². The smallest absolute Gasteiger partial charge is 0.476 e. The van der Waals surface area contributed by atoms with Crippen molar-refractivity contribution in [1.29, 1.82) is 0 Å². The minimum Gasteiger partial charge on any atom is -0.476 e. The highest BCUT2D eigenvalue weighted by Gasteiger charge is 2.46. The molecule has 0 heterocycles. The van der Waals surface area contributed by atoms with Gasteiger partial charge in [-0.3, -0.25) is 0 Å². The Balaban J connectivity index is 1.23. The molecule has 0 amide bonds. The number of esters is 1. The summed E-state index contributed by atoms with van der Waals surface area (Å²) in [7, 11) is 0. The van der Waals surface area contributed by atoms with Gasteiger partial charge in [0.1, 0.15) is 11.5 Å². The van der Waals surface area contributed by atoms with Gasteiger partial charge in [0, 0.05) is 6.61 Å². The molecule has 2 aromatic carbocycles. The fourth-order valence-corrected chi connectivity index (χ4v) is 7.72. The summed E-state index contributed by atoms with van der Waals surface area (Å²) >= 11 is 0. The van der Waals surface area contributed by atoms with Crippen molar-refractivity contribution in [3.8, 4) is 11.5 Å². The predicted molar refractivity (Wildman–Crippen MR) is 177 cm³/mol. The molecule has 0 saturated heterocycles. The van der Waals surface area contributed by atoms with E-state index in [0.717, 1.165) is 36.0 Å². The molecule has 0 aromatic heterocycles. The summed E-state index contributed by atoms with van der Waals surface area (Å²) in [5, 5.41) is 0. The third-order valence-corrected chi connectivity index (χ3v) is 10.5. The number of hydrogen-bond donors (Lipinski definition) is 0. The fourth-order valence-electron chi connectivity index (χ4n) is 7.72. The van der Waals surface area contributed by atoms with Crippen LogP contribution in [0, 0.1) is 31.6 Å². The van der Waals surface area contributed by atoms with Crippen LogP contribution in [-0.2, 0) is 14.3 Å². The van der Waals surface area contributed by atoms with Crippen molar-refractivity contribution in [3.05, 3.63) is 58.7 Å². The first kappa shape index (κ1) is 35.6. The quantitative estimate of drug-likeness (QED) is 0.189. The van der Waals surface area contributed by atoms with E-state index in [1.165, 1.54) is 81.9 Å². The first-order valence-electron chi connectivity index (χ1n) is 17.8. The molecule has 0 spiro atoms. The molecule has 0 N–H and O–H groups in total. The summed E-state index contributed by atoms with van der Waals surface area (Å²) < 4.78 is 61.0. The Morgan fingerprint density at radius 2 is 1.36 bits per heavy atom. The minimum absolute atomic E-state index is 0.205. The first-order valence-corrected chi connectivity index (χ1v) is 17.8. The predicted octanol–water partition coefficient (Wildman–Crippen LogP) is 10.7. The van der Waals surface area contributed by atoms with Crippen LogP contribution in [0.25, 0.3) is 0 Å². The Bertz CT molecular complexity index is 1290. The van der Waals surface area contributed by atoms with E-state index < -0.39 is 12.0 Å². The number of alkyl halides is 3. The fraction of sp³-hybridized carbons (Fsp3) is 0.667.